The minimum atomic E-state index is -0.954. The summed E-state index contributed by atoms with van der Waals surface area (Å²) >= 11 is 0. The lowest BCUT2D eigenvalue weighted by molar-refractivity contribution is -0.145. The molecule has 1 saturated heterocycles. The summed E-state index contributed by atoms with van der Waals surface area (Å²) < 4.78 is 5.64. The lowest BCUT2D eigenvalue weighted by Crippen LogP contribution is -2.39. The van der Waals surface area contributed by atoms with Gasteiger partial charge in [0.1, 0.15) is 11.9 Å². The summed E-state index contributed by atoms with van der Waals surface area (Å²) in [4.78, 5) is 48.0. The van der Waals surface area contributed by atoms with E-state index >= 15 is 0 Å². The molecule has 2 amide bonds. The molecular formula is C26H37NO7. The number of imide groups is 1. The Kier molecular flexibility index (Phi) is 10.9. The number of cyclic esters (lactones) is 1. The third-order valence-electron chi connectivity index (χ3n) is 6.36. The van der Waals surface area contributed by atoms with E-state index in [2.05, 4.69) is 5.32 Å². The highest BCUT2D eigenvalue weighted by molar-refractivity contribution is 5.97. The zero-order valence-corrected chi connectivity index (χ0v) is 20.2. The van der Waals surface area contributed by atoms with Crippen molar-refractivity contribution in [3.63, 3.8) is 0 Å². The molecule has 0 aromatic carbocycles. The summed E-state index contributed by atoms with van der Waals surface area (Å²) in [7, 11) is 0. The van der Waals surface area contributed by atoms with Gasteiger partial charge in [-0.15, -0.1) is 0 Å². The Morgan fingerprint density at radius 3 is 2.50 bits per heavy atom. The van der Waals surface area contributed by atoms with E-state index in [1.807, 2.05) is 12.2 Å². The standard InChI is InChI=1S/C26H37NO7/c1-16(22(30)15-20(28)12-19-13-23(31)27-24(32)14-19)11-17(2)26-18(3)21(29)9-7-5-4-6-8-10-25(33)34-26/h5,7-8,10-11,16,18-21,26,28-29H,4,6,9,12-15H2,1-3H3,(H,27,31,32)/b7-5+,10-8+,17-11+/t16-,18-,20+,21+,26-/m0/s1. The van der Waals surface area contributed by atoms with Crippen LogP contribution in [0, 0.1) is 17.8 Å². The highest BCUT2D eigenvalue weighted by Crippen LogP contribution is 2.25. The number of ketones is 1. The fourth-order valence-electron chi connectivity index (χ4n) is 4.41. The number of allylic oxidation sites excluding steroid dienone is 3. The number of hydrogen-bond acceptors (Lipinski definition) is 7. The summed E-state index contributed by atoms with van der Waals surface area (Å²) in [6.45, 7) is 5.28. The third-order valence-corrected chi connectivity index (χ3v) is 6.36. The molecule has 0 unspecified atom stereocenters. The topological polar surface area (TPSA) is 130 Å². The van der Waals surface area contributed by atoms with Crippen LogP contribution in [0.4, 0.5) is 0 Å². The Morgan fingerprint density at radius 2 is 1.82 bits per heavy atom. The van der Waals surface area contributed by atoms with E-state index in [1.54, 1.807) is 32.9 Å². The molecule has 2 aliphatic rings. The van der Waals surface area contributed by atoms with Crippen molar-refractivity contribution in [2.75, 3.05) is 0 Å². The number of piperidine rings is 1. The molecule has 0 spiro atoms. The van der Waals surface area contributed by atoms with Crippen LogP contribution in [0.15, 0.2) is 36.0 Å². The number of amides is 2. The number of carbonyl (C=O) groups excluding carboxylic acids is 4. The molecule has 0 bridgehead atoms. The predicted molar refractivity (Wildman–Crippen MR) is 126 cm³/mol. The molecule has 2 rings (SSSR count). The zero-order valence-electron chi connectivity index (χ0n) is 20.2. The monoisotopic (exact) mass is 475 g/mol. The summed E-state index contributed by atoms with van der Waals surface area (Å²) in [6, 6.07) is 0. The van der Waals surface area contributed by atoms with Crippen LogP contribution in [0.2, 0.25) is 0 Å². The zero-order chi connectivity index (χ0) is 25.3. The molecule has 8 nitrogen and oxygen atoms in total. The van der Waals surface area contributed by atoms with Gasteiger partial charge in [0, 0.05) is 37.2 Å². The largest absolute Gasteiger partial charge is 0.454 e. The van der Waals surface area contributed by atoms with Gasteiger partial charge < -0.3 is 14.9 Å². The van der Waals surface area contributed by atoms with Crippen LogP contribution in [-0.2, 0) is 23.9 Å². The van der Waals surface area contributed by atoms with Gasteiger partial charge in [-0.2, -0.15) is 0 Å². The molecule has 8 heteroatoms. The number of rotatable bonds is 7. The second-order valence-corrected chi connectivity index (χ2v) is 9.48. The van der Waals surface area contributed by atoms with Crippen LogP contribution < -0.4 is 5.32 Å². The van der Waals surface area contributed by atoms with Crippen molar-refractivity contribution >= 4 is 23.6 Å². The first-order valence-electron chi connectivity index (χ1n) is 12.0. The van der Waals surface area contributed by atoms with E-state index in [4.69, 9.17) is 4.74 Å². The fourth-order valence-corrected chi connectivity index (χ4v) is 4.41. The molecule has 0 aromatic rings. The first-order valence-corrected chi connectivity index (χ1v) is 12.0. The normalized spacial score (nSPS) is 29.1. The predicted octanol–water partition coefficient (Wildman–Crippen LogP) is 2.54. The van der Waals surface area contributed by atoms with Crippen LogP contribution in [0.3, 0.4) is 0 Å². The maximum atomic E-state index is 12.7. The van der Waals surface area contributed by atoms with Gasteiger partial charge in [-0.05, 0) is 44.1 Å². The SMILES string of the molecule is C/C(=C\[C@H](C)C(=O)C[C@H](O)CC1CC(=O)NC(=O)C1)[C@@H]1OC(=O)/C=C/CC/C=C/C[C@@H](O)[C@@H]1C. The highest BCUT2D eigenvalue weighted by atomic mass is 16.5. The van der Waals surface area contributed by atoms with Crippen molar-refractivity contribution in [3.8, 4) is 0 Å². The van der Waals surface area contributed by atoms with E-state index in [9.17, 15) is 29.4 Å². The van der Waals surface area contributed by atoms with Crippen LogP contribution in [-0.4, -0.2) is 52.1 Å². The molecule has 1 fully saturated rings. The van der Waals surface area contributed by atoms with Crippen LogP contribution >= 0.6 is 0 Å². The second-order valence-electron chi connectivity index (χ2n) is 9.48. The molecule has 2 heterocycles. The molecule has 0 aromatic heterocycles. The van der Waals surface area contributed by atoms with Gasteiger partial charge in [-0.25, -0.2) is 4.79 Å². The van der Waals surface area contributed by atoms with Crippen molar-refractivity contribution in [2.45, 2.75) is 84.0 Å². The third kappa shape index (κ3) is 8.99. The minimum absolute atomic E-state index is 0.104. The average molecular weight is 476 g/mol. The minimum Gasteiger partial charge on any atom is -0.454 e. The first-order chi connectivity index (χ1) is 16.1. The van der Waals surface area contributed by atoms with E-state index in [0.717, 1.165) is 6.42 Å². The second kappa shape index (κ2) is 13.3. The van der Waals surface area contributed by atoms with Gasteiger partial charge in [-0.3, -0.25) is 19.7 Å². The van der Waals surface area contributed by atoms with Gasteiger partial charge in [-0.1, -0.05) is 38.2 Å². The van der Waals surface area contributed by atoms with E-state index in [0.29, 0.717) is 18.4 Å². The van der Waals surface area contributed by atoms with Gasteiger partial charge in [0.2, 0.25) is 11.8 Å². The van der Waals surface area contributed by atoms with Gasteiger partial charge in [0.05, 0.1) is 12.2 Å². The molecule has 34 heavy (non-hydrogen) atoms. The number of aliphatic hydroxyl groups is 2. The van der Waals surface area contributed by atoms with Crippen LogP contribution in [0.5, 0.6) is 0 Å². The van der Waals surface area contributed by atoms with Gasteiger partial charge in [0.15, 0.2) is 0 Å². The van der Waals surface area contributed by atoms with Crippen LogP contribution in [0.25, 0.3) is 0 Å². The van der Waals surface area contributed by atoms with Crippen molar-refractivity contribution in [1.82, 2.24) is 5.32 Å². The lowest BCUT2D eigenvalue weighted by atomic mass is 9.87. The molecule has 5 atom stereocenters. The van der Waals surface area contributed by atoms with Gasteiger partial charge >= 0.3 is 5.97 Å². The van der Waals surface area contributed by atoms with Crippen LogP contribution in [0.1, 0.15) is 65.7 Å². The summed E-state index contributed by atoms with van der Waals surface area (Å²) in [5, 5.41) is 23.2. The Morgan fingerprint density at radius 1 is 1.18 bits per heavy atom. The Hall–Kier alpha value is -2.58. The fraction of sp³-hybridized carbons (Fsp3) is 0.615. The number of nitrogens with one attached hydrogen (secondary N) is 1. The number of aliphatic hydroxyl groups excluding tert-OH is 2. The Balaban J connectivity index is 2.03. The average Bonchev–Trinajstić information content (AvgIpc) is 2.74. The summed E-state index contributed by atoms with van der Waals surface area (Å²) in [5.41, 5.74) is 0.652. The van der Waals surface area contributed by atoms with E-state index in [1.165, 1.54) is 6.08 Å². The first kappa shape index (κ1) is 27.7. The maximum Gasteiger partial charge on any atom is 0.331 e. The number of ether oxygens (including phenoxy) is 1. The van der Waals surface area contributed by atoms with Crippen molar-refractivity contribution in [3.05, 3.63) is 36.0 Å². The molecule has 2 aliphatic heterocycles. The van der Waals surface area contributed by atoms with Crippen molar-refractivity contribution < 1.29 is 34.1 Å². The molecule has 0 aliphatic carbocycles. The number of carbonyl (C=O) groups is 4. The number of esters is 1. The quantitative estimate of drug-likeness (QED) is 0.293. The van der Waals surface area contributed by atoms with Crippen molar-refractivity contribution in [2.24, 2.45) is 17.8 Å². The smallest absolute Gasteiger partial charge is 0.331 e. The molecule has 0 saturated carbocycles. The summed E-state index contributed by atoms with van der Waals surface area (Å²) in [6.07, 6.45) is 8.69. The maximum absolute atomic E-state index is 12.7. The van der Waals surface area contributed by atoms with E-state index in [-0.39, 0.29) is 55.1 Å². The molecule has 188 valence electrons. The molecule has 0 radical (unpaired) electrons. The molecule has 3 N–H and O–H groups in total. The summed E-state index contributed by atoms with van der Waals surface area (Å²) in [5.74, 6) is -2.64. The Bertz CT molecular complexity index is 828. The highest BCUT2D eigenvalue weighted by Gasteiger charge is 2.30. The van der Waals surface area contributed by atoms with Crippen molar-refractivity contribution in [1.29, 1.82) is 0 Å². The lowest BCUT2D eigenvalue weighted by Gasteiger charge is -2.28. The van der Waals surface area contributed by atoms with Gasteiger partial charge in [0.25, 0.3) is 0 Å². The number of Topliss-reactive ketones (excluding diaryl/α,β-unsaturated/α-hetero) is 1. The number of hydrogen-bond donors (Lipinski definition) is 3. The van der Waals surface area contributed by atoms with E-state index < -0.39 is 30.2 Å². The Labute approximate surface area is 201 Å². The molecular weight excluding hydrogens is 438 g/mol.